The van der Waals surface area contributed by atoms with Gasteiger partial charge in [-0.05, 0) is 36.2 Å². The number of hydrogen-bond donors (Lipinski definition) is 1. The number of carbonyl (C=O) groups excluding carboxylic acids is 1. The summed E-state index contributed by atoms with van der Waals surface area (Å²) in [6.45, 7) is 2.62. The van der Waals surface area contributed by atoms with Crippen LogP contribution in [0.3, 0.4) is 0 Å². The fourth-order valence-electron chi connectivity index (χ4n) is 3.18. The number of aromatic nitrogens is 1. The van der Waals surface area contributed by atoms with Crippen molar-refractivity contribution in [2.75, 3.05) is 26.3 Å². The SMILES string of the molecule is Cc1cnccc1C(=O)N1CCOC(CO)(Cc2cccc(F)c2)C1. The number of benzene rings is 1. The first-order chi connectivity index (χ1) is 12.0. The molecule has 1 aliphatic heterocycles. The van der Waals surface area contributed by atoms with E-state index in [1.807, 2.05) is 6.92 Å². The van der Waals surface area contributed by atoms with Crippen LogP contribution in [-0.2, 0) is 11.2 Å². The highest BCUT2D eigenvalue weighted by molar-refractivity contribution is 5.95. The Labute approximate surface area is 146 Å². The molecule has 1 fully saturated rings. The van der Waals surface area contributed by atoms with Crippen LogP contribution in [-0.4, -0.2) is 52.8 Å². The highest BCUT2D eigenvalue weighted by atomic mass is 19.1. The van der Waals surface area contributed by atoms with Gasteiger partial charge in [0.05, 0.1) is 19.8 Å². The Hall–Kier alpha value is -2.31. The van der Waals surface area contributed by atoms with Crippen molar-refractivity contribution < 1.29 is 19.0 Å². The Morgan fingerprint density at radius 2 is 2.28 bits per heavy atom. The second-order valence-electron chi connectivity index (χ2n) is 6.41. The average Bonchev–Trinajstić information content (AvgIpc) is 2.62. The molecule has 0 bridgehead atoms. The number of ether oxygens (including phenoxy) is 1. The van der Waals surface area contributed by atoms with E-state index in [0.717, 1.165) is 11.1 Å². The molecule has 1 N–H and O–H groups in total. The maximum Gasteiger partial charge on any atom is 0.254 e. The van der Waals surface area contributed by atoms with Gasteiger partial charge >= 0.3 is 0 Å². The molecule has 1 unspecified atom stereocenters. The molecule has 1 atom stereocenters. The number of carbonyl (C=O) groups is 1. The van der Waals surface area contributed by atoms with Crippen molar-refractivity contribution in [3.63, 3.8) is 0 Å². The lowest BCUT2D eigenvalue weighted by Crippen LogP contribution is -2.56. The van der Waals surface area contributed by atoms with E-state index >= 15 is 0 Å². The zero-order chi connectivity index (χ0) is 17.9. The molecule has 0 spiro atoms. The molecule has 1 amide bonds. The minimum absolute atomic E-state index is 0.111. The average molecular weight is 344 g/mol. The van der Waals surface area contributed by atoms with Gasteiger partial charge in [0.1, 0.15) is 11.4 Å². The van der Waals surface area contributed by atoms with E-state index in [2.05, 4.69) is 4.98 Å². The fourth-order valence-corrected chi connectivity index (χ4v) is 3.18. The van der Waals surface area contributed by atoms with Gasteiger partial charge in [0, 0.05) is 30.9 Å². The number of halogens is 1. The number of hydrogen-bond acceptors (Lipinski definition) is 4. The first-order valence-corrected chi connectivity index (χ1v) is 8.22. The second kappa shape index (κ2) is 7.29. The van der Waals surface area contributed by atoms with Crippen molar-refractivity contribution in [3.8, 4) is 0 Å². The summed E-state index contributed by atoms with van der Waals surface area (Å²) >= 11 is 0. The number of rotatable bonds is 4. The van der Waals surface area contributed by atoms with Crippen LogP contribution in [0.5, 0.6) is 0 Å². The summed E-state index contributed by atoms with van der Waals surface area (Å²) in [6, 6.07) is 7.91. The molecule has 0 radical (unpaired) electrons. The van der Waals surface area contributed by atoms with E-state index < -0.39 is 5.60 Å². The summed E-state index contributed by atoms with van der Waals surface area (Å²) < 4.78 is 19.3. The van der Waals surface area contributed by atoms with Crippen molar-refractivity contribution in [1.29, 1.82) is 0 Å². The predicted octanol–water partition coefficient (Wildman–Crippen LogP) is 1.98. The quantitative estimate of drug-likeness (QED) is 0.921. The van der Waals surface area contributed by atoms with Crippen LogP contribution in [0.15, 0.2) is 42.7 Å². The Balaban J connectivity index is 1.80. The Morgan fingerprint density at radius 1 is 1.44 bits per heavy atom. The van der Waals surface area contributed by atoms with Gasteiger partial charge in [0.2, 0.25) is 0 Å². The Morgan fingerprint density at radius 3 is 3.00 bits per heavy atom. The molecule has 3 rings (SSSR count). The third-order valence-electron chi connectivity index (χ3n) is 4.49. The molecule has 1 aromatic heterocycles. The third-order valence-corrected chi connectivity index (χ3v) is 4.49. The van der Waals surface area contributed by atoms with E-state index in [0.29, 0.717) is 25.1 Å². The van der Waals surface area contributed by atoms with Gasteiger partial charge in [-0.2, -0.15) is 0 Å². The Bertz CT molecular complexity index is 768. The first kappa shape index (κ1) is 17.5. The van der Waals surface area contributed by atoms with Crippen LogP contribution < -0.4 is 0 Å². The zero-order valence-corrected chi connectivity index (χ0v) is 14.1. The van der Waals surface area contributed by atoms with Crippen LogP contribution in [0, 0.1) is 12.7 Å². The molecule has 6 heteroatoms. The molecule has 2 aromatic rings. The van der Waals surface area contributed by atoms with Crippen molar-refractivity contribution in [2.24, 2.45) is 0 Å². The number of aliphatic hydroxyl groups excluding tert-OH is 1. The van der Waals surface area contributed by atoms with Gasteiger partial charge in [-0.1, -0.05) is 12.1 Å². The lowest BCUT2D eigenvalue weighted by Gasteiger charge is -2.42. The number of aryl methyl sites for hydroxylation is 1. The van der Waals surface area contributed by atoms with Crippen LogP contribution >= 0.6 is 0 Å². The predicted molar refractivity (Wildman–Crippen MR) is 90.8 cm³/mol. The third kappa shape index (κ3) is 3.86. The molecular formula is C19H21FN2O3. The van der Waals surface area contributed by atoms with Crippen molar-refractivity contribution in [2.45, 2.75) is 18.9 Å². The summed E-state index contributed by atoms with van der Waals surface area (Å²) in [7, 11) is 0. The minimum atomic E-state index is -0.928. The molecule has 2 heterocycles. The van der Waals surface area contributed by atoms with Crippen LogP contribution in [0.1, 0.15) is 21.5 Å². The highest BCUT2D eigenvalue weighted by Crippen LogP contribution is 2.25. The number of pyridine rings is 1. The van der Waals surface area contributed by atoms with Crippen LogP contribution in [0.4, 0.5) is 4.39 Å². The van der Waals surface area contributed by atoms with E-state index in [1.54, 1.807) is 35.5 Å². The minimum Gasteiger partial charge on any atom is -0.393 e. The van der Waals surface area contributed by atoms with Gasteiger partial charge in [0.25, 0.3) is 5.91 Å². The monoisotopic (exact) mass is 344 g/mol. The van der Waals surface area contributed by atoms with E-state index in [9.17, 15) is 14.3 Å². The van der Waals surface area contributed by atoms with E-state index in [-0.39, 0.29) is 24.9 Å². The van der Waals surface area contributed by atoms with Gasteiger partial charge in [-0.3, -0.25) is 9.78 Å². The zero-order valence-electron chi connectivity index (χ0n) is 14.1. The number of amides is 1. The summed E-state index contributed by atoms with van der Waals surface area (Å²) in [4.78, 5) is 18.5. The summed E-state index contributed by atoms with van der Waals surface area (Å²) in [5.74, 6) is -0.443. The van der Waals surface area contributed by atoms with Gasteiger partial charge < -0.3 is 14.7 Å². The largest absolute Gasteiger partial charge is 0.393 e. The normalized spacial score (nSPS) is 20.5. The molecular weight excluding hydrogens is 323 g/mol. The molecule has 1 saturated heterocycles. The molecule has 0 aliphatic carbocycles. The number of aliphatic hydroxyl groups is 1. The molecule has 25 heavy (non-hydrogen) atoms. The maximum absolute atomic E-state index is 13.4. The summed E-state index contributed by atoms with van der Waals surface area (Å²) in [6.07, 6.45) is 3.58. The molecule has 1 aromatic carbocycles. The standard InChI is InChI=1S/C19H21FN2O3/c1-14-11-21-6-5-17(14)18(24)22-7-8-25-19(12-22,13-23)10-15-3-2-4-16(20)9-15/h2-6,9,11,23H,7-8,10,12-13H2,1H3. The topological polar surface area (TPSA) is 62.7 Å². The second-order valence-corrected chi connectivity index (χ2v) is 6.41. The van der Waals surface area contributed by atoms with Crippen LogP contribution in [0.25, 0.3) is 0 Å². The van der Waals surface area contributed by atoms with Gasteiger partial charge in [0.15, 0.2) is 0 Å². The van der Waals surface area contributed by atoms with Gasteiger partial charge in [-0.15, -0.1) is 0 Å². The first-order valence-electron chi connectivity index (χ1n) is 8.22. The molecule has 5 nitrogen and oxygen atoms in total. The maximum atomic E-state index is 13.4. The van der Waals surface area contributed by atoms with E-state index in [1.165, 1.54) is 12.1 Å². The number of nitrogens with zero attached hydrogens (tertiary/aromatic N) is 2. The van der Waals surface area contributed by atoms with E-state index in [4.69, 9.17) is 4.74 Å². The van der Waals surface area contributed by atoms with Crippen LogP contribution in [0.2, 0.25) is 0 Å². The van der Waals surface area contributed by atoms with Gasteiger partial charge in [-0.25, -0.2) is 4.39 Å². The lowest BCUT2D eigenvalue weighted by molar-refractivity contribution is -0.123. The summed E-state index contributed by atoms with van der Waals surface area (Å²) in [5.41, 5.74) is 1.19. The smallest absolute Gasteiger partial charge is 0.254 e. The molecule has 1 aliphatic rings. The fraction of sp³-hybridized carbons (Fsp3) is 0.368. The summed E-state index contributed by atoms with van der Waals surface area (Å²) in [5, 5.41) is 9.93. The Kier molecular flexibility index (Phi) is 5.11. The van der Waals surface area contributed by atoms with Crippen molar-refractivity contribution >= 4 is 5.91 Å². The molecule has 0 saturated carbocycles. The molecule has 132 valence electrons. The highest BCUT2D eigenvalue weighted by Gasteiger charge is 2.38. The van der Waals surface area contributed by atoms with Crippen molar-refractivity contribution in [3.05, 3.63) is 65.2 Å². The number of morpholine rings is 1. The van der Waals surface area contributed by atoms with Crippen molar-refractivity contribution in [1.82, 2.24) is 9.88 Å². The lowest BCUT2D eigenvalue weighted by atomic mass is 9.92.